The third-order valence-electron chi connectivity index (χ3n) is 1.99. The van der Waals surface area contributed by atoms with E-state index < -0.39 is 0 Å². The Morgan fingerprint density at radius 2 is 2.35 bits per heavy atom. The summed E-state index contributed by atoms with van der Waals surface area (Å²) in [5, 5.41) is 7.91. The van der Waals surface area contributed by atoms with E-state index in [1.807, 2.05) is 10.8 Å². The van der Waals surface area contributed by atoms with E-state index in [0.717, 1.165) is 17.1 Å². The molecule has 0 saturated heterocycles. The average Bonchev–Trinajstić information content (AvgIpc) is 2.91. The van der Waals surface area contributed by atoms with Crippen molar-refractivity contribution in [1.82, 2.24) is 9.97 Å². The van der Waals surface area contributed by atoms with Crippen LogP contribution in [0.3, 0.4) is 0 Å². The van der Waals surface area contributed by atoms with Gasteiger partial charge in [-0.25, -0.2) is 9.97 Å². The first-order chi connectivity index (χ1) is 8.28. The third kappa shape index (κ3) is 3.58. The van der Waals surface area contributed by atoms with E-state index in [4.69, 9.17) is 5.73 Å². The molecule has 0 radical (unpaired) electrons. The lowest BCUT2D eigenvalue weighted by Crippen LogP contribution is -2.14. The fourth-order valence-electron chi connectivity index (χ4n) is 1.28. The summed E-state index contributed by atoms with van der Waals surface area (Å²) in [6.07, 6.45) is 2.70. The van der Waals surface area contributed by atoms with Gasteiger partial charge in [0.2, 0.25) is 5.91 Å². The SMILES string of the molecule is NCCc1csc(CC(=O)Nc2nccs2)n1. The highest BCUT2D eigenvalue weighted by Gasteiger charge is 2.09. The molecule has 90 valence electrons. The monoisotopic (exact) mass is 268 g/mol. The number of thiazole rings is 2. The van der Waals surface area contributed by atoms with Crippen LogP contribution in [0.25, 0.3) is 0 Å². The molecule has 3 N–H and O–H groups in total. The van der Waals surface area contributed by atoms with Gasteiger partial charge >= 0.3 is 0 Å². The Morgan fingerprint density at radius 3 is 3.06 bits per heavy atom. The molecule has 0 fully saturated rings. The zero-order valence-electron chi connectivity index (χ0n) is 9.05. The molecular formula is C10H12N4OS2. The maximum Gasteiger partial charge on any atom is 0.233 e. The van der Waals surface area contributed by atoms with Gasteiger partial charge in [0, 0.05) is 23.4 Å². The van der Waals surface area contributed by atoms with Crippen molar-refractivity contribution in [2.24, 2.45) is 5.73 Å². The van der Waals surface area contributed by atoms with Crippen molar-refractivity contribution in [3.05, 3.63) is 27.7 Å². The van der Waals surface area contributed by atoms with E-state index in [9.17, 15) is 4.79 Å². The molecule has 0 saturated carbocycles. The first-order valence-electron chi connectivity index (χ1n) is 5.10. The molecule has 2 aromatic heterocycles. The summed E-state index contributed by atoms with van der Waals surface area (Å²) in [6, 6.07) is 0. The molecule has 2 heterocycles. The zero-order valence-corrected chi connectivity index (χ0v) is 10.7. The number of hydrogen-bond donors (Lipinski definition) is 2. The van der Waals surface area contributed by atoms with Gasteiger partial charge in [0.15, 0.2) is 5.13 Å². The Labute approximate surface area is 107 Å². The van der Waals surface area contributed by atoms with Crippen molar-refractivity contribution in [3.63, 3.8) is 0 Å². The number of aromatic nitrogens is 2. The Morgan fingerprint density at radius 1 is 1.47 bits per heavy atom. The molecule has 0 aliphatic heterocycles. The Hall–Kier alpha value is -1.31. The largest absolute Gasteiger partial charge is 0.330 e. The first kappa shape index (κ1) is 12.2. The van der Waals surface area contributed by atoms with E-state index in [2.05, 4.69) is 15.3 Å². The number of hydrogen-bond acceptors (Lipinski definition) is 6. The summed E-state index contributed by atoms with van der Waals surface area (Å²) in [4.78, 5) is 20.0. The zero-order chi connectivity index (χ0) is 12.1. The van der Waals surface area contributed by atoms with Gasteiger partial charge in [-0.05, 0) is 6.54 Å². The van der Waals surface area contributed by atoms with Crippen LogP contribution >= 0.6 is 22.7 Å². The van der Waals surface area contributed by atoms with E-state index in [-0.39, 0.29) is 12.3 Å². The van der Waals surface area contributed by atoms with Crippen LogP contribution in [0.5, 0.6) is 0 Å². The van der Waals surface area contributed by atoms with Gasteiger partial charge in [-0.15, -0.1) is 22.7 Å². The first-order valence-corrected chi connectivity index (χ1v) is 6.86. The Kier molecular flexibility index (Phi) is 4.18. The van der Waals surface area contributed by atoms with Gasteiger partial charge < -0.3 is 11.1 Å². The summed E-state index contributed by atoms with van der Waals surface area (Å²) in [5.74, 6) is -0.0893. The fourth-order valence-corrected chi connectivity index (χ4v) is 2.65. The predicted molar refractivity (Wildman–Crippen MR) is 69.3 cm³/mol. The molecule has 0 atom stereocenters. The number of rotatable bonds is 5. The second-order valence-electron chi connectivity index (χ2n) is 3.33. The molecule has 0 aliphatic rings. The van der Waals surface area contributed by atoms with Gasteiger partial charge in [-0.3, -0.25) is 4.79 Å². The number of carbonyl (C=O) groups excluding carboxylic acids is 1. The summed E-state index contributed by atoms with van der Waals surface area (Å²) in [6.45, 7) is 0.578. The van der Waals surface area contributed by atoms with Gasteiger partial charge in [-0.2, -0.15) is 0 Å². The summed E-state index contributed by atoms with van der Waals surface area (Å²) in [5.41, 5.74) is 6.39. The van der Waals surface area contributed by atoms with E-state index in [1.54, 1.807) is 6.20 Å². The van der Waals surface area contributed by atoms with E-state index >= 15 is 0 Å². The minimum absolute atomic E-state index is 0.0893. The Bertz CT molecular complexity index is 480. The number of nitrogens with one attached hydrogen (secondary N) is 1. The average molecular weight is 268 g/mol. The number of nitrogens with two attached hydrogens (primary N) is 1. The molecule has 17 heavy (non-hydrogen) atoms. The lowest BCUT2D eigenvalue weighted by atomic mass is 10.3. The lowest BCUT2D eigenvalue weighted by Gasteiger charge is -1.98. The highest BCUT2D eigenvalue weighted by Crippen LogP contribution is 2.13. The number of amides is 1. The van der Waals surface area contributed by atoms with E-state index in [1.165, 1.54) is 22.7 Å². The molecule has 0 aromatic carbocycles. The van der Waals surface area contributed by atoms with Crippen molar-refractivity contribution >= 4 is 33.7 Å². The predicted octanol–water partition coefficient (Wildman–Crippen LogP) is 1.28. The molecule has 0 bridgehead atoms. The van der Waals surface area contributed by atoms with Crippen LogP contribution in [-0.4, -0.2) is 22.4 Å². The maximum atomic E-state index is 11.6. The summed E-state index contributed by atoms with van der Waals surface area (Å²) in [7, 11) is 0. The maximum absolute atomic E-state index is 11.6. The van der Waals surface area contributed by atoms with Gasteiger partial charge in [0.1, 0.15) is 5.01 Å². The van der Waals surface area contributed by atoms with Crippen LogP contribution in [0.1, 0.15) is 10.7 Å². The molecule has 2 aromatic rings. The van der Waals surface area contributed by atoms with Gasteiger partial charge in [-0.1, -0.05) is 0 Å². The second-order valence-corrected chi connectivity index (χ2v) is 5.17. The summed E-state index contributed by atoms with van der Waals surface area (Å²) >= 11 is 2.88. The normalized spacial score (nSPS) is 10.4. The molecule has 5 nitrogen and oxygen atoms in total. The van der Waals surface area contributed by atoms with Gasteiger partial charge in [0.05, 0.1) is 12.1 Å². The molecule has 2 rings (SSSR count). The second kappa shape index (κ2) is 5.85. The topological polar surface area (TPSA) is 80.9 Å². The molecule has 0 aliphatic carbocycles. The van der Waals surface area contributed by atoms with Crippen LogP contribution < -0.4 is 11.1 Å². The lowest BCUT2D eigenvalue weighted by molar-refractivity contribution is -0.115. The minimum atomic E-state index is -0.0893. The van der Waals surface area contributed by atoms with Crippen molar-refractivity contribution in [2.45, 2.75) is 12.8 Å². The molecule has 0 unspecified atom stereocenters. The smallest absolute Gasteiger partial charge is 0.233 e. The molecule has 0 spiro atoms. The number of carbonyl (C=O) groups is 1. The van der Waals surface area contributed by atoms with Crippen molar-refractivity contribution in [3.8, 4) is 0 Å². The van der Waals surface area contributed by atoms with Gasteiger partial charge in [0.25, 0.3) is 0 Å². The van der Waals surface area contributed by atoms with Crippen LogP contribution in [0.15, 0.2) is 17.0 Å². The quantitative estimate of drug-likeness (QED) is 0.856. The Balaban J connectivity index is 1.89. The van der Waals surface area contributed by atoms with Crippen LogP contribution in [0.4, 0.5) is 5.13 Å². The highest BCUT2D eigenvalue weighted by molar-refractivity contribution is 7.13. The third-order valence-corrected chi connectivity index (χ3v) is 3.58. The summed E-state index contributed by atoms with van der Waals surface area (Å²) < 4.78 is 0. The van der Waals surface area contributed by atoms with Crippen LogP contribution in [-0.2, 0) is 17.6 Å². The van der Waals surface area contributed by atoms with Crippen LogP contribution in [0.2, 0.25) is 0 Å². The standard InChI is InChI=1S/C10H12N4OS2/c11-2-1-7-6-17-9(13-7)5-8(15)14-10-12-3-4-16-10/h3-4,6H,1-2,5,11H2,(H,12,14,15). The van der Waals surface area contributed by atoms with E-state index in [0.29, 0.717) is 11.7 Å². The van der Waals surface area contributed by atoms with Crippen molar-refractivity contribution in [1.29, 1.82) is 0 Å². The molecule has 7 heteroatoms. The minimum Gasteiger partial charge on any atom is -0.330 e. The van der Waals surface area contributed by atoms with Crippen molar-refractivity contribution < 1.29 is 4.79 Å². The number of anilines is 1. The fraction of sp³-hybridized carbons (Fsp3) is 0.300. The van der Waals surface area contributed by atoms with Crippen molar-refractivity contribution in [2.75, 3.05) is 11.9 Å². The highest BCUT2D eigenvalue weighted by atomic mass is 32.1. The number of nitrogens with zero attached hydrogens (tertiary/aromatic N) is 2. The molecular weight excluding hydrogens is 256 g/mol. The van der Waals surface area contributed by atoms with Crippen LogP contribution in [0, 0.1) is 0 Å². The molecule has 1 amide bonds.